The highest BCUT2D eigenvalue weighted by molar-refractivity contribution is 7.14. The van der Waals surface area contributed by atoms with Gasteiger partial charge in [0.05, 0.1) is 19.4 Å². The number of esters is 1. The van der Waals surface area contributed by atoms with E-state index < -0.39 is 36.7 Å². The first-order valence-corrected chi connectivity index (χ1v) is 12.8. The zero-order valence-corrected chi connectivity index (χ0v) is 21.6. The Morgan fingerprint density at radius 1 is 1.18 bits per heavy atom. The van der Waals surface area contributed by atoms with Gasteiger partial charge < -0.3 is 30.3 Å². The van der Waals surface area contributed by atoms with Crippen molar-refractivity contribution in [3.05, 3.63) is 70.7 Å². The molecule has 1 fully saturated rings. The summed E-state index contributed by atoms with van der Waals surface area (Å²) in [6, 6.07) is 11.8. The molecule has 1 aliphatic rings. The number of thiazole rings is 1. The summed E-state index contributed by atoms with van der Waals surface area (Å²) >= 11 is 1.09. The molecule has 2 atom stereocenters. The largest absolute Gasteiger partial charge is 0.491 e. The molecule has 1 aliphatic heterocycles. The second kappa shape index (κ2) is 12.5. The molecule has 13 heteroatoms. The summed E-state index contributed by atoms with van der Waals surface area (Å²) < 4.78 is 9.99. The second-order valence-corrected chi connectivity index (χ2v) is 9.34. The quantitative estimate of drug-likeness (QED) is 0.205. The van der Waals surface area contributed by atoms with Gasteiger partial charge in [-0.2, -0.15) is 0 Å². The van der Waals surface area contributed by atoms with Crippen LogP contribution in [0.3, 0.4) is 0 Å². The molecule has 2 aromatic carbocycles. The molecule has 0 spiro atoms. The molecule has 0 aliphatic carbocycles. The lowest BCUT2D eigenvalue weighted by atomic mass is 10.0. The van der Waals surface area contributed by atoms with E-state index in [0.29, 0.717) is 22.6 Å². The van der Waals surface area contributed by atoms with Gasteiger partial charge in [-0.15, -0.1) is 11.3 Å². The number of rotatable bonds is 11. The fourth-order valence-corrected chi connectivity index (χ4v) is 4.53. The van der Waals surface area contributed by atoms with Crippen LogP contribution >= 0.6 is 11.3 Å². The number of anilines is 2. The van der Waals surface area contributed by atoms with Crippen molar-refractivity contribution >= 4 is 46.0 Å². The highest BCUT2D eigenvalue weighted by atomic mass is 32.1. The van der Waals surface area contributed by atoms with E-state index in [1.807, 2.05) is 0 Å². The molecule has 2 unspecified atom stereocenters. The highest BCUT2D eigenvalue weighted by Gasteiger charge is 2.40. The van der Waals surface area contributed by atoms with Crippen LogP contribution in [0.5, 0.6) is 5.75 Å². The van der Waals surface area contributed by atoms with Crippen LogP contribution in [-0.4, -0.2) is 65.4 Å². The van der Waals surface area contributed by atoms with Crippen molar-refractivity contribution in [3.8, 4) is 5.75 Å². The van der Waals surface area contributed by atoms with Crippen LogP contribution in [0.4, 0.5) is 15.6 Å². The summed E-state index contributed by atoms with van der Waals surface area (Å²) in [6.45, 7) is -0.512. The van der Waals surface area contributed by atoms with Crippen molar-refractivity contribution in [1.29, 1.82) is 0 Å². The van der Waals surface area contributed by atoms with E-state index >= 15 is 0 Å². The number of aryl methyl sites for hydroxylation is 1. The minimum Gasteiger partial charge on any atom is -0.491 e. The van der Waals surface area contributed by atoms with Crippen molar-refractivity contribution < 1.29 is 38.9 Å². The Hall–Kier alpha value is -4.33. The van der Waals surface area contributed by atoms with Crippen LogP contribution in [0.1, 0.15) is 34.1 Å². The summed E-state index contributed by atoms with van der Waals surface area (Å²) in [4.78, 5) is 55.3. The number of ether oxygens (including phenoxy) is 2. The van der Waals surface area contributed by atoms with E-state index in [2.05, 4.69) is 20.4 Å². The Balaban J connectivity index is 1.41. The first kappa shape index (κ1) is 27.7. The zero-order valence-electron chi connectivity index (χ0n) is 20.8. The summed E-state index contributed by atoms with van der Waals surface area (Å²) in [5.41, 5.74) is 1.63. The van der Waals surface area contributed by atoms with E-state index in [1.165, 1.54) is 12.5 Å². The number of imide groups is 1. The molecular weight excluding hydrogens is 528 g/mol. The topological polar surface area (TPSA) is 167 Å². The minimum absolute atomic E-state index is 0.0453. The molecule has 4 N–H and O–H groups in total. The number of aliphatic hydroxyl groups excluding tert-OH is 2. The van der Waals surface area contributed by atoms with Crippen molar-refractivity contribution in [2.24, 2.45) is 0 Å². The maximum Gasteiger partial charge on any atom is 0.357 e. The number of nitrogens with zero attached hydrogens (tertiary/aromatic N) is 2. The number of nitrogens with one attached hydrogen (secondary N) is 2. The number of hydrogen-bond acceptors (Lipinski definition) is 10. The van der Waals surface area contributed by atoms with E-state index in [-0.39, 0.29) is 36.2 Å². The summed E-state index contributed by atoms with van der Waals surface area (Å²) in [6.07, 6.45) is -0.721. The van der Waals surface area contributed by atoms with E-state index in [9.17, 15) is 24.3 Å². The fourth-order valence-electron chi connectivity index (χ4n) is 3.83. The lowest BCUT2D eigenvalue weighted by Gasteiger charge is -2.17. The van der Waals surface area contributed by atoms with Gasteiger partial charge in [0.25, 0.3) is 5.91 Å². The molecule has 1 saturated heterocycles. The molecule has 3 aromatic rings. The second-order valence-electron chi connectivity index (χ2n) is 8.48. The van der Waals surface area contributed by atoms with Crippen LogP contribution in [-0.2, 0) is 20.7 Å². The van der Waals surface area contributed by atoms with Gasteiger partial charge in [-0.1, -0.05) is 30.3 Å². The van der Waals surface area contributed by atoms with Gasteiger partial charge in [-0.3, -0.25) is 9.59 Å². The molecule has 0 radical (unpaired) electrons. The maximum atomic E-state index is 13.3. The predicted octanol–water partition coefficient (Wildman–Crippen LogP) is 2.03. The van der Waals surface area contributed by atoms with Gasteiger partial charge >= 0.3 is 12.0 Å². The van der Waals surface area contributed by atoms with Crippen LogP contribution in [0.2, 0.25) is 0 Å². The number of aliphatic hydroxyl groups is 2. The first-order valence-electron chi connectivity index (χ1n) is 11.9. The molecular formula is C26H26N4O8S. The third-order valence-corrected chi connectivity index (χ3v) is 6.56. The number of amides is 4. The van der Waals surface area contributed by atoms with Crippen LogP contribution in [0.15, 0.2) is 53.9 Å². The standard InChI is InChI=1S/C26H26N4O8S/c1-37-24(35)19-14-39-25(27-19)28-21(33)11-8-15-4-2-3-5-20(15)30-23(34)22(29-26(30)36)16-6-9-18(10-7-16)38-13-17(32)12-31/h2-7,9-10,14,17,22,31-32H,8,11-13H2,1H3,(H,29,36)(H,27,28,33). The molecule has 4 amide bonds. The Kier molecular flexibility index (Phi) is 8.86. The summed E-state index contributed by atoms with van der Waals surface area (Å²) in [5, 5.41) is 25.4. The highest BCUT2D eigenvalue weighted by Crippen LogP contribution is 2.31. The third-order valence-electron chi connectivity index (χ3n) is 5.80. The monoisotopic (exact) mass is 554 g/mol. The molecule has 0 saturated carbocycles. The first-order chi connectivity index (χ1) is 18.8. The molecule has 204 valence electrons. The number of carbonyl (C=O) groups is 4. The molecule has 0 bridgehead atoms. The number of para-hydroxylation sites is 1. The van der Waals surface area contributed by atoms with Gasteiger partial charge in [-0.05, 0) is 35.7 Å². The van der Waals surface area contributed by atoms with Gasteiger partial charge in [0.1, 0.15) is 24.5 Å². The van der Waals surface area contributed by atoms with Crippen LogP contribution in [0.25, 0.3) is 0 Å². The van der Waals surface area contributed by atoms with Crippen LogP contribution < -0.4 is 20.3 Å². The fraction of sp³-hybridized carbons (Fsp3) is 0.269. The normalized spacial score (nSPS) is 15.6. The zero-order chi connectivity index (χ0) is 27.9. The molecule has 2 heterocycles. The number of aromatic nitrogens is 1. The lowest BCUT2D eigenvalue weighted by molar-refractivity contribution is -0.118. The lowest BCUT2D eigenvalue weighted by Crippen LogP contribution is -2.31. The Labute approximate surface area is 227 Å². The van der Waals surface area contributed by atoms with Gasteiger partial charge in [0.15, 0.2) is 10.8 Å². The molecule has 4 rings (SSSR count). The van der Waals surface area contributed by atoms with Crippen molar-refractivity contribution in [2.75, 3.05) is 30.5 Å². The molecule has 12 nitrogen and oxygen atoms in total. The van der Waals surface area contributed by atoms with Crippen molar-refractivity contribution in [1.82, 2.24) is 10.3 Å². The number of benzene rings is 2. The predicted molar refractivity (Wildman–Crippen MR) is 141 cm³/mol. The third kappa shape index (κ3) is 6.57. The number of hydrogen-bond donors (Lipinski definition) is 4. The van der Waals surface area contributed by atoms with E-state index in [4.69, 9.17) is 9.84 Å². The summed E-state index contributed by atoms with van der Waals surface area (Å²) in [7, 11) is 1.24. The SMILES string of the molecule is COC(=O)c1csc(NC(=O)CCc2ccccc2N2C(=O)NC(c3ccc(OCC(O)CO)cc3)C2=O)n1. The number of carbonyl (C=O) groups excluding carboxylic acids is 4. The van der Waals surface area contributed by atoms with Gasteiger partial charge in [0, 0.05) is 11.8 Å². The minimum atomic E-state index is -1.01. The average molecular weight is 555 g/mol. The number of methoxy groups -OCH3 is 1. The van der Waals surface area contributed by atoms with Crippen LogP contribution in [0, 0.1) is 0 Å². The van der Waals surface area contributed by atoms with E-state index in [0.717, 1.165) is 16.2 Å². The maximum absolute atomic E-state index is 13.3. The van der Waals surface area contributed by atoms with Gasteiger partial charge in [-0.25, -0.2) is 19.5 Å². The smallest absolute Gasteiger partial charge is 0.357 e. The van der Waals surface area contributed by atoms with E-state index in [1.54, 1.807) is 48.5 Å². The van der Waals surface area contributed by atoms with Gasteiger partial charge in [0.2, 0.25) is 5.91 Å². The Morgan fingerprint density at radius 2 is 1.92 bits per heavy atom. The number of urea groups is 1. The summed E-state index contributed by atoms with van der Waals surface area (Å²) in [5.74, 6) is -0.990. The van der Waals surface area contributed by atoms with Crippen molar-refractivity contribution in [2.45, 2.75) is 25.0 Å². The Bertz CT molecular complexity index is 1360. The molecule has 1 aromatic heterocycles. The Morgan fingerprint density at radius 3 is 2.64 bits per heavy atom. The van der Waals surface area contributed by atoms with Crippen molar-refractivity contribution in [3.63, 3.8) is 0 Å². The average Bonchev–Trinajstić information content (AvgIpc) is 3.53. The molecule has 39 heavy (non-hydrogen) atoms.